The molecule has 5 rings (SSSR count). The summed E-state index contributed by atoms with van der Waals surface area (Å²) in [7, 11) is 0. The number of aromatic hydroxyl groups is 1. The Hall–Kier alpha value is -4.13. The van der Waals surface area contributed by atoms with Crippen molar-refractivity contribution in [3.63, 3.8) is 0 Å². The van der Waals surface area contributed by atoms with E-state index in [1.54, 1.807) is 28.8 Å². The number of aromatic nitrogens is 2. The van der Waals surface area contributed by atoms with Crippen LogP contribution in [0.1, 0.15) is 59.4 Å². The predicted octanol–water partition coefficient (Wildman–Crippen LogP) is 4.57. The topological polar surface area (TPSA) is 95.7 Å². The number of imidazole rings is 1. The van der Waals surface area contributed by atoms with Gasteiger partial charge in [0.2, 0.25) is 5.91 Å². The van der Waals surface area contributed by atoms with Crippen molar-refractivity contribution in [1.82, 2.24) is 20.0 Å². The van der Waals surface area contributed by atoms with Crippen molar-refractivity contribution >= 4 is 17.5 Å². The van der Waals surface area contributed by atoms with Gasteiger partial charge in [0, 0.05) is 24.7 Å². The second-order valence-electron chi connectivity index (χ2n) is 10.2. The highest BCUT2D eigenvalue weighted by Crippen LogP contribution is 2.39. The highest BCUT2D eigenvalue weighted by molar-refractivity contribution is 5.93. The summed E-state index contributed by atoms with van der Waals surface area (Å²) < 4.78 is 1.75. The maximum absolute atomic E-state index is 13.0. The lowest BCUT2D eigenvalue weighted by atomic mass is 9.69. The lowest BCUT2D eigenvalue weighted by Crippen LogP contribution is -2.42. The molecular weight excluding hydrogens is 476 g/mol. The third-order valence-electron chi connectivity index (χ3n) is 7.57. The minimum absolute atomic E-state index is 0.0917. The number of pyridine rings is 1. The molecule has 0 bridgehead atoms. The Labute approximate surface area is 222 Å². The summed E-state index contributed by atoms with van der Waals surface area (Å²) in [5.41, 5.74) is 3.95. The molecule has 7 heteroatoms. The molecule has 7 nitrogen and oxygen atoms in total. The maximum Gasteiger partial charge on any atom is 0.268 e. The van der Waals surface area contributed by atoms with Gasteiger partial charge in [0.05, 0.1) is 12.1 Å². The zero-order valence-electron chi connectivity index (χ0n) is 21.5. The van der Waals surface area contributed by atoms with Crippen molar-refractivity contribution in [1.29, 1.82) is 0 Å². The minimum Gasteiger partial charge on any atom is -0.508 e. The molecule has 1 saturated carbocycles. The number of carbonyl (C=O) groups is 2. The normalized spacial score (nSPS) is 14.7. The van der Waals surface area contributed by atoms with Crippen molar-refractivity contribution in [2.45, 2.75) is 50.4 Å². The first-order valence-electron chi connectivity index (χ1n) is 13.4. The number of rotatable bonds is 9. The van der Waals surface area contributed by atoms with Gasteiger partial charge in [0.25, 0.3) is 5.91 Å². The molecule has 2 heterocycles. The molecule has 38 heavy (non-hydrogen) atoms. The molecule has 0 atom stereocenters. The smallest absolute Gasteiger partial charge is 0.268 e. The molecule has 1 aliphatic carbocycles. The number of fused-ring (bicyclic) bond motifs is 1. The lowest BCUT2D eigenvalue weighted by molar-refractivity contribution is -0.120. The number of nitrogens with zero attached hydrogens (tertiary/aromatic N) is 2. The fourth-order valence-corrected chi connectivity index (χ4v) is 5.49. The number of hydrogen-bond acceptors (Lipinski definition) is 4. The number of hydrogen-bond donors (Lipinski definition) is 3. The summed E-state index contributed by atoms with van der Waals surface area (Å²) in [6, 6.07) is 22.8. The van der Waals surface area contributed by atoms with Gasteiger partial charge in [-0.05, 0) is 54.7 Å². The number of nitrogens with one attached hydrogen (secondary N) is 2. The molecule has 1 aliphatic rings. The zero-order chi connectivity index (χ0) is 26.4. The summed E-state index contributed by atoms with van der Waals surface area (Å²) in [6.45, 7) is 1.09. The lowest BCUT2D eigenvalue weighted by Gasteiger charge is -2.38. The summed E-state index contributed by atoms with van der Waals surface area (Å²) in [6.07, 6.45) is 8.14. The first-order chi connectivity index (χ1) is 18.5. The van der Waals surface area contributed by atoms with Gasteiger partial charge in [-0.3, -0.25) is 14.0 Å². The number of benzene rings is 2. The molecule has 0 aliphatic heterocycles. The van der Waals surface area contributed by atoms with E-state index in [1.165, 1.54) is 12.0 Å². The summed E-state index contributed by atoms with van der Waals surface area (Å²) >= 11 is 0. The molecule has 1 fully saturated rings. The summed E-state index contributed by atoms with van der Waals surface area (Å²) in [5, 5.41) is 15.9. The first kappa shape index (κ1) is 25.5. The highest BCUT2D eigenvalue weighted by Gasteiger charge is 2.34. The van der Waals surface area contributed by atoms with E-state index >= 15 is 0 Å². The van der Waals surface area contributed by atoms with Crippen molar-refractivity contribution in [3.8, 4) is 5.75 Å². The largest absolute Gasteiger partial charge is 0.508 e. The van der Waals surface area contributed by atoms with E-state index in [1.807, 2.05) is 54.6 Å². The van der Waals surface area contributed by atoms with Gasteiger partial charge >= 0.3 is 0 Å². The Morgan fingerprint density at radius 1 is 0.895 bits per heavy atom. The molecule has 0 radical (unpaired) electrons. The number of phenols is 1. The SMILES string of the molecule is O=C(Cc1cn2c(C(=O)NCCc3ccccc3)cccc2n1)NCC1(c2ccc(O)cc2)CCCCC1. The van der Waals surface area contributed by atoms with E-state index in [-0.39, 0.29) is 29.4 Å². The van der Waals surface area contributed by atoms with Gasteiger partial charge in [-0.1, -0.05) is 67.8 Å². The monoisotopic (exact) mass is 510 g/mol. The molecule has 0 unspecified atom stereocenters. The zero-order valence-corrected chi connectivity index (χ0v) is 21.5. The molecule has 0 saturated heterocycles. The Bertz CT molecular complexity index is 1390. The molecule has 3 N–H and O–H groups in total. The Kier molecular flexibility index (Phi) is 7.73. The third kappa shape index (κ3) is 5.88. The first-order valence-corrected chi connectivity index (χ1v) is 13.4. The molecule has 2 aromatic heterocycles. The summed E-state index contributed by atoms with van der Waals surface area (Å²) in [5.74, 6) is -0.0149. The number of carbonyl (C=O) groups excluding carboxylic acids is 2. The van der Waals surface area contributed by atoms with Gasteiger partial charge in [-0.25, -0.2) is 4.98 Å². The molecule has 4 aromatic rings. The maximum atomic E-state index is 13.0. The Balaban J connectivity index is 1.22. The van der Waals surface area contributed by atoms with Crippen molar-refractivity contribution in [2.24, 2.45) is 0 Å². The van der Waals surface area contributed by atoms with Gasteiger partial charge in [0.1, 0.15) is 17.1 Å². The van der Waals surface area contributed by atoms with E-state index in [0.29, 0.717) is 30.1 Å². The van der Waals surface area contributed by atoms with Gasteiger partial charge < -0.3 is 15.7 Å². The van der Waals surface area contributed by atoms with Crippen molar-refractivity contribution < 1.29 is 14.7 Å². The fraction of sp³-hybridized carbons (Fsp3) is 0.323. The predicted molar refractivity (Wildman–Crippen MR) is 147 cm³/mol. The van der Waals surface area contributed by atoms with E-state index in [0.717, 1.165) is 37.7 Å². The van der Waals surface area contributed by atoms with E-state index in [2.05, 4.69) is 15.6 Å². The molecule has 2 aromatic carbocycles. The van der Waals surface area contributed by atoms with Crippen LogP contribution in [0.3, 0.4) is 0 Å². The van der Waals surface area contributed by atoms with Crippen molar-refractivity contribution in [3.05, 3.63) is 102 Å². The van der Waals surface area contributed by atoms with Gasteiger partial charge in [-0.2, -0.15) is 0 Å². The molecule has 196 valence electrons. The standard InChI is InChI=1S/C31H34N4O3/c36-26-14-12-24(13-15-26)31(17-5-2-6-18-31)22-33-29(37)20-25-21-35-27(10-7-11-28(35)34-25)30(38)32-19-16-23-8-3-1-4-9-23/h1,3-4,7-15,21,36H,2,5-6,16-20,22H2,(H,32,38)(H,33,37). The second-order valence-corrected chi connectivity index (χ2v) is 10.2. The molecule has 0 spiro atoms. The third-order valence-corrected chi connectivity index (χ3v) is 7.57. The Morgan fingerprint density at radius 2 is 1.66 bits per heavy atom. The van der Waals surface area contributed by atoms with Gasteiger partial charge in [0.15, 0.2) is 0 Å². The van der Waals surface area contributed by atoms with Crippen LogP contribution in [-0.4, -0.2) is 39.4 Å². The average Bonchev–Trinajstić information content (AvgIpc) is 3.36. The van der Waals surface area contributed by atoms with Crippen LogP contribution in [0.5, 0.6) is 5.75 Å². The van der Waals surface area contributed by atoms with Crippen LogP contribution in [-0.2, 0) is 23.1 Å². The second kappa shape index (κ2) is 11.5. The number of amides is 2. The van der Waals surface area contributed by atoms with Crippen LogP contribution in [0.25, 0.3) is 5.65 Å². The highest BCUT2D eigenvalue weighted by atomic mass is 16.3. The van der Waals surface area contributed by atoms with Crippen LogP contribution >= 0.6 is 0 Å². The molecule has 2 amide bonds. The van der Waals surface area contributed by atoms with Crippen LogP contribution in [0.2, 0.25) is 0 Å². The molecular formula is C31H34N4O3. The van der Waals surface area contributed by atoms with Gasteiger partial charge in [-0.15, -0.1) is 0 Å². The van der Waals surface area contributed by atoms with Crippen LogP contribution in [0.15, 0.2) is 79.0 Å². The van der Waals surface area contributed by atoms with Crippen LogP contribution in [0, 0.1) is 0 Å². The minimum atomic E-state index is -0.173. The average molecular weight is 511 g/mol. The van der Waals surface area contributed by atoms with E-state index < -0.39 is 0 Å². The fourth-order valence-electron chi connectivity index (χ4n) is 5.49. The van der Waals surface area contributed by atoms with Crippen molar-refractivity contribution in [2.75, 3.05) is 13.1 Å². The van der Waals surface area contributed by atoms with Crippen LogP contribution in [0.4, 0.5) is 0 Å². The van der Waals surface area contributed by atoms with E-state index in [9.17, 15) is 14.7 Å². The number of phenolic OH excluding ortho intramolecular Hbond substituents is 1. The quantitative estimate of drug-likeness (QED) is 0.307. The van der Waals surface area contributed by atoms with E-state index in [4.69, 9.17) is 0 Å². The Morgan fingerprint density at radius 3 is 2.42 bits per heavy atom. The van der Waals surface area contributed by atoms with Crippen LogP contribution < -0.4 is 10.6 Å². The summed E-state index contributed by atoms with van der Waals surface area (Å²) in [4.78, 5) is 30.5.